The zero-order valence-corrected chi connectivity index (χ0v) is 19.1. The average Bonchev–Trinajstić information content (AvgIpc) is 3.11. The molecular weight excluding hydrogens is 428 g/mol. The summed E-state index contributed by atoms with van der Waals surface area (Å²) in [5.74, 6) is -0.124. The van der Waals surface area contributed by atoms with Crippen molar-refractivity contribution in [3.63, 3.8) is 0 Å². The zero-order chi connectivity index (χ0) is 22.4. The molecule has 2 aliphatic heterocycles. The fourth-order valence-corrected chi connectivity index (χ4v) is 7.32. The number of hydrogen-bond donors (Lipinski definition) is 3. The van der Waals surface area contributed by atoms with Crippen LogP contribution in [0.25, 0.3) is 0 Å². The summed E-state index contributed by atoms with van der Waals surface area (Å²) in [7, 11) is -3.72. The number of Topliss-reactive ketones (excluding diaryl/α,β-unsaturated/α-hetero) is 1. The molecule has 0 aromatic rings. The van der Waals surface area contributed by atoms with Gasteiger partial charge >= 0.3 is 0 Å². The first-order chi connectivity index (χ1) is 13.9. The Morgan fingerprint density at radius 2 is 2.00 bits per heavy atom. The minimum atomic E-state index is -3.72. The number of nitrogens with two attached hydrogens (primary N) is 2. The van der Waals surface area contributed by atoms with E-state index < -0.39 is 16.1 Å². The lowest BCUT2D eigenvalue weighted by atomic mass is 9.73. The minimum Gasteiger partial charge on any atom is -0.364 e. The van der Waals surface area contributed by atoms with Crippen LogP contribution < -0.4 is 15.6 Å². The maximum Gasteiger partial charge on any atom is 0.274 e. The number of primary amides is 1. The second kappa shape index (κ2) is 8.60. The molecule has 0 bridgehead atoms. The van der Waals surface area contributed by atoms with Gasteiger partial charge in [-0.2, -0.15) is 13.1 Å². The summed E-state index contributed by atoms with van der Waals surface area (Å²) in [6.07, 6.45) is 2.60. The summed E-state index contributed by atoms with van der Waals surface area (Å²) in [4.78, 5) is 38.8. The Hall–Kier alpha value is -1.43. The van der Waals surface area contributed by atoms with Crippen molar-refractivity contribution in [2.45, 2.75) is 58.5 Å². The SMILES string of the molecule is CC(=O)C[C@H](C)[C@H]1C(=O)N2C(C(N)=O)=C(SC[C@H]3CC[C@@H](NS(N)(=O)=O)C3)[C@H](C)[C@H]12. The number of thioether (sulfide) groups is 1. The molecule has 11 heteroatoms. The smallest absolute Gasteiger partial charge is 0.274 e. The van der Waals surface area contributed by atoms with Crippen molar-refractivity contribution >= 4 is 39.6 Å². The topological polar surface area (TPSA) is 153 Å². The predicted octanol–water partition coefficient (Wildman–Crippen LogP) is 0.470. The maximum absolute atomic E-state index is 12.8. The Bertz CT molecular complexity index is 887. The lowest BCUT2D eigenvalue weighted by molar-refractivity contribution is -0.157. The van der Waals surface area contributed by atoms with Gasteiger partial charge in [0, 0.05) is 29.0 Å². The fraction of sp³-hybridized carbons (Fsp3) is 0.737. The molecule has 0 unspecified atom stereocenters. The summed E-state index contributed by atoms with van der Waals surface area (Å²) in [5.41, 5.74) is 5.91. The quantitative estimate of drug-likeness (QED) is 0.427. The first-order valence-corrected chi connectivity index (χ1v) is 12.7. The number of nitrogens with zero attached hydrogens (tertiary/aromatic N) is 1. The van der Waals surface area contributed by atoms with E-state index in [0.717, 1.165) is 17.7 Å². The minimum absolute atomic E-state index is 0.0330. The van der Waals surface area contributed by atoms with Gasteiger partial charge in [0.25, 0.3) is 16.1 Å². The second-order valence-electron chi connectivity index (χ2n) is 8.82. The van der Waals surface area contributed by atoms with Crippen molar-refractivity contribution in [2.75, 3.05) is 5.75 Å². The number of β-lactam (4-membered cyclic amide) rings is 1. The molecule has 6 atom stereocenters. The summed E-state index contributed by atoms with van der Waals surface area (Å²) < 4.78 is 24.9. The van der Waals surface area contributed by atoms with E-state index in [1.54, 1.807) is 0 Å². The Labute approximate surface area is 181 Å². The van der Waals surface area contributed by atoms with Gasteiger partial charge in [0.05, 0.1) is 12.0 Å². The first kappa shape index (κ1) is 23.2. The van der Waals surface area contributed by atoms with Crippen LogP contribution in [0.1, 0.15) is 46.5 Å². The summed E-state index contributed by atoms with van der Waals surface area (Å²) >= 11 is 1.53. The van der Waals surface area contributed by atoms with E-state index in [9.17, 15) is 22.8 Å². The Morgan fingerprint density at radius 3 is 2.57 bits per heavy atom. The lowest BCUT2D eigenvalue weighted by Gasteiger charge is -2.47. The molecule has 9 nitrogen and oxygen atoms in total. The lowest BCUT2D eigenvalue weighted by Crippen LogP contribution is -2.62. The van der Waals surface area contributed by atoms with Crippen LogP contribution >= 0.6 is 11.8 Å². The standard InChI is InChI=1S/C19H30N4O5S2/c1-9(6-10(2)24)14-15-11(3)17(16(18(20)25)23(15)19(14)26)29-8-12-4-5-13(7-12)22-30(21,27)28/h9,11-15,22H,4-8H2,1-3H3,(H2,20,25)(H2,21,27,28)/t9-,11+,12-,13+,14+,15+/m0/s1. The van der Waals surface area contributed by atoms with Crippen LogP contribution in [-0.4, -0.2) is 48.8 Å². The molecule has 0 radical (unpaired) electrons. The number of carbonyl (C=O) groups excluding carboxylic acids is 3. The maximum atomic E-state index is 12.8. The van der Waals surface area contributed by atoms with Gasteiger partial charge in [-0.3, -0.25) is 9.59 Å². The van der Waals surface area contributed by atoms with Crippen LogP contribution in [0.3, 0.4) is 0 Å². The molecule has 2 heterocycles. The van der Waals surface area contributed by atoms with Gasteiger partial charge in [-0.1, -0.05) is 13.8 Å². The number of rotatable bonds is 9. The Balaban J connectivity index is 1.68. The van der Waals surface area contributed by atoms with Crippen molar-refractivity contribution < 1.29 is 22.8 Å². The molecule has 0 spiro atoms. The molecular formula is C19H30N4O5S2. The highest BCUT2D eigenvalue weighted by Crippen LogP contribution is 2.52. The van der Waals surface area contributed by atoms with E-state index in [0.29, 0.717) is 18.6 Å². The Morgan fingerprint density at radius 1 is 1.33 bits per heavy atom. The van der Waals surface area contributed by atoms with Crippen molar-refractivity contribution in [2.24, 2.45) is 34.5 Å². The third-order valence-electron chi connectivity index (χ3n) is 6.39. The highest BCUT2D eigenvalue weighted by atomic mass is 32.2. The van der Waals surface area contributed by atoms with Gasteiger partial charge in [0.15, 0.2) is 0 Å². The molecule has 168 valence electrons. The molecule has 3 rings (SSSR count). The van der Waals surface area contributed by atoms with Crippen LogP contribution in [0.4, 0.5) is 0 Å². The molecule has 30 heavy (non-hydrogen) atoms. The number of ketones is 1. The van der Waals surface area contributed by atoms with Crippen LogP contribution in [0, 0.1) is 23.7 Å². The van der Waals surface area contributed by atoms with Gasteiger partial charge in [-0.05, 0) is 38.0 Å². The molecule has 1 saturated carbocycles. The predicted molar refractivity (Wildman–Crippen MR) is 114 cm³/mol. The van der Waals surface area contributed by atoms with Crippen molar-refractivity contribution in [3.05, 3.63) is 10.6 Å². The second-order valence-corrected chi connectivity index (χ2v) is 11.2. The van der Waals surface area contributed by atoms with Gasteiger partial charge in [-0.25, -0.2) is 5.14 Å². The average molecular weight is 459 g/mol. The molecule has 5 N–H and O–H groups in total. The van der Waals surface area contributed by atoms with Gasteiger partial charge in [-0.15, -0.1) is 11.8 Å². The number of carbonyl (C=O) groups is 3. The third kappa shape index (κ3) is 4.58. The largest absolute Gasteiger partial charge is 0.364 e. The first-order valence-electron chi connectivity index (χ1n) is 10.2. The number of fused-ring (bicyclic) bond motifs is 1. The van der Waals surface area contributed by atoms with Gasteiger partial charge < -0.3 is 15.4 Å². The highest BCUT2D eigenvalue weighted by molar-refractivity contribution is 8.03. The molecule has 1 aliphatic carbocycles. The van der Waals surface area contributed by atoms with E-state index in [4.69, 9.17) is 10.9 Å². The third-order valence-corrected chi connectivity index (χ3v) is 8.57. The number of nitrogens with one attached hydrogen (secondary N) is 1. The van der Waals surface area contributed by atoms with Crippen molar-refractivity contribution in [1.29, 1.82) is 0 Å². The summed E-state index contributed by atoms with van der Waals surface area (Å²) in [6, 6.07) is -0.313. The van der Waals surface area contributed by atoms with E-state index in [1.807, 2.05) is 13.8 Å². The van der Waals surface area contributed by atoms with Crippen LogP contribution in [0.15, 0.2) is 10.6 Å². The summed E-state index contributed by atoms with van der Waals surface area (Å²) in [5, 5.41) is 5.06. The van der Waals surface area contributed by atoms with E-state index in [-0.39, 0.29) is 53.1 Å². The molecule has 0 aromatic heterocycles. The molecule has 0 aromatic carbocycles. The monoisotopic (exact) mass is 458 g/mol. The zero-order valence-electron chi connectivity index (χ0n) is 17.5. The van der Waals surface area contributed by atoms with Crippen molar-refractivity contribution in [3.8, 4) is 0 Å². The Kier molecular flexibility index (Phi) is 6.66. The molecule has 2 fully saturated rings. The van der Waals surface area contributed by atoms with Gasteiger partial charge in [0.2, 0.25) is 5.91 Å². The number of amides is 2. The van der Waals surface area contributed by atoms with Gasteiger partial charge in [0.1, 0.15) is 11.5 Å². The number of hydrogen-bond acceptors (Lipinski definition) is 6. The molecule has 3 aliphatic rings. The molecule has 2 amide bonds. The van der Waals surface area contributed by atoms with E-state index in [1.165, 1.54) is 23.6 Å². The van der Waals surface area contributed by atoms with E-state index >= 15 is 0 Å². The van der Waals surface area contributed by atoms with E-state index in [2.05, 4.69) is 4.72 Å². The normalized spacial score (nSPS) is 32.2. The van der Waals surface area contributed by atoms with Crippen LogP contribution in [-0.2, 0) is 24.6 Å². The van der Waals surface area contributed by atoms with Crippen molar-refractivity contribution in [1.82, 2.24) is 9.62 Å². The summed E-state index contributed by atoms with van der Waals surface area (Å²) in [6.45, 7) is 5.42. The van der Waals surface area contributed by atoms with Crippen LogP contribution in [0.2, 0.25) is 0 Å². The highest BCUT2D eigenvalue weighted by Gasteiger charge is 2.59. The van der Waals surface area contributed by atoms with Crippen LogP contribution in [0.5, 0.6) is 0 Å². The molecule has 1 saturated heterocycles. The fourth-order valence-electron chi connectivity index (χ4n) is 5.19.